The van der Waals surface area contributed by atoms with Gasteiger partial charge in [-0.25, -0.2) is 0 Å². The Labute approximate surface area is 56.2 Å². The molecule has 0 nitrogen and oxygen atoms in total. The van der Waals surface area contributed by atoms with Gasteiger partial charge in [-0.2, -0.15) is 0 Å². The second kappa shape index (κ2) is 8.89. The van der Waals surface area contributed by atoms with Crippen LogP contribution in [0.1, 0.15) is 26.7 Å². The van der Waals surface area contributed by atoms with Crippen molar-refractivity contribution in [2.45, 2.75) is 26.7 Å². The van der Waals surface area contributed by atoms with Crippen LogP contribution in [0.3, 0.4) is 0 Å². The maximum Gasteiger partial charge on any atom is 1.00 e. The van der Waals surface area contributed by atoms with Crippen molar-refractivity contribution in [3.63, 3.8) is 0 Å². The topological polar surface area (TPSA) is 0 Å². The second-order valence-corrected chi connectivity index (χ2v) is 1.000. The van der Waals surface area contributed by atoms with Gasteiger partial charge in [0.05, 0.1) is 0 Å². The first kappa shape index (κ1) is 9.38. The summed E-state index contributed by atoms with van der Waals surface area (Å²) in [6, 6.07) is 0. The Hall–Kier alpha value is 1.00. The minimum atomic E-state index is 0. The third kappa shape index (κ3) is 11.2. The van der Waals surface area contributed by atoms with Crippen LogP contribution in [-0.2, 0) is 0 Å². The van der Waals surface area contributed by atoms with E-state index in [1.54, 1.807) is 0 Å². The molecule has 0 aliphatic carbocycles. The SMILES string of the molecule is CCCC.[Na+]. The number of unbranched alkanes of at least 4 members (excludes halogenated alkanes) is 1. The zero-order valence-corrected chi connectivity index (χ0v) is 6.41. The molecule has 0 amide bonds. The molecule has 0 aliphatic rings. The second-order valence-electron chi connectivity index (χ2n) is 1.000. The molecule has 0 unspecified atom stereocenters. The summed E-state index contributed by atoms with van der Waals surface area (Å²) in [6.07, 6.45) is 2.64. The summed E-state index contributed by atoms with van der Waals surface area (Å²) in [5.41, 5.74) is 0. The van der Waals surface area contributed by atoms with E-state index >= 15 is 0 Å². The van der Waals surface area contributed by atoms with Gasteiger partial charge in [0.1, 0.15) is 0 Å². The van der Waals surface area contributed by atoms with Gasteiger partial charge in [0.2, 0.25) is 0 Å². The van der Waals surface area contributed by atoms with Crippen molar-refractivity contribution in [2.24, 2.45) is 0 Å². The molecule has 0 heterocycles. The smallest absolute Gasteiger partial charge is 0.0654 e. The van der Waals surface area contributed by atoms with Crippen molar-refractivity contribution < 1.29 is 29.6 Å². The molecule has 0 fully saturated rings. The predicted octanol–water partition coefficient (Wildman–Crippen LogP) is -1.19. The van der Waals surface area contributed by atoms with Gasteiger partial charge >= 0.3 is 29.6 Å². The van der Waals surface area contributed by atoms with E-state index in [-0.39, 0.29) is 29.6 Å². The standard InChI is InChI=1S/C4H10.Na/c1-3-4-2;/h3-4H2,1-2H3;/q;+1. The molecular weight excluding hydrogens is 71.0 g/mol. The van der Waals surface area contributed by atoms with E-state index in [2.05, 4.69) is 13.8 Å². The van der Waals surface area contributed by atoms with Crippen molar-refractivity contribution in [1.82, 2.24) is 0 Å². The van der Waals surface area contributed by atoms with Gasteiger partial charge in [0.15, 0.2) is 0 Å². The first-order valence-electron chi connectivity index (χ1n) is 1.91. The summed E-state index contributed by atoms with van der Waals surface area (Å²) in [5, 5.41) is 0. The van der Waals surface area contributed by atoms with Crippen LogP contribution in [0.5, 0.6) is 0 Å². The molecule has 0 spiro atoms. The number of rotatable bonds is 1. The van der Waals surface area contributed by atoms with Crippen LogP contribution in [0.15, 0.2) is 0 Å². The van der Waals surface area contributed by atoms with Crippen LogP contribution in [0.2, 0.25) is 0 Å². The summed E-state index contributed by atoms with van der Waals surface area (Å²) in [7, 11) is 0. The van der Waals surface area contributed by atoms with Crippen molar-refractivity contribution in [2.75, 3.05) is 0 Å². The van der Waals surface area contributed by atoms with E-state index in [1.165, 1.54) is 12.8 Å². The Morgan fingerprint density at radius 1 is 1.00 bits per heavy atom. The molecular formula is C4H10Na+. The monoisotopic (exact) mass is 81.1 g/mol. The molecule has 0 N–H and O–H groups in total. The zero-order chi connectivity index (χ0) is 3.41. The van der Waals surface area contributed by atoms with Gasteiger partial charge in [-0.05, 0) is 0 Å². The zero-order valence-electron chi connectivity index (χ0n) is 4.41. The average Bonchev–Trinajstić information content (AvgIpc) is 1.37. The molecule has 1 heteroatoms. The molecule has 0 rings (SSSR count). The molecule has 0 aromatic heterocycles. The minimum absolute atomic E-state index is 0. The summed E-state index contributed by atoms with van der Waals surface area (Å²) < 4.78 is 0. The molecule has 26 valence electrons. The van der Waals surface area contributed by atoms with E-state index in [0.29, 0.717) is 0 Å². The summed E-state index contributed by atoms with van der Waals surface area (Å²) in [6.45, 7) is 4.36. The maximum atomic E-state index is 2.18. The normalized spacial score (nSPS) is 6.00. The van der Waals surface area contributed by atoms with Gasteiger partial charge in [-0.1, -0.05) is 26.7 Å². The van der Waals surface area contributed by atoms with E-state index in [1.807, 2.05) is 0 Å². The van der Waals surface area contributed by atoms with Crippen LogP contribution >= 0.6 is 0 Å². The number of hydrogen-bond acceptors (Lipinski definition) is 0. The van der Waals surface area contributed by atoms with E-state index in [9.17, 15) is 0 Å². The van der Waals surface area contributed by atoms with Crippen LogP contribution in [-0.4, -0.2) is 0 Å². The van der Waals surface area contributed by atoms with Gasteiger partial charge in [-0.3, -0.25) is 0 Å². The molecule has 0 radical (unpaired) electrons. The van der Waals surface area contributed by atoms with Crippen molar-refractivity contribution in [3.05, 3.63) is 0 Å². The van der Waals surface area contributed by atoms with Crippen molar-refractivity contribution in [3.8, 4) is 0 Å². The van der Waals surface area contributed by atoms with Gasteiger partial charge < -0.3 is 0 Å². The molecule has 0 saturated heterocycles. The van der Waals surface area contributed by atoms with E-state index < -0.39 is 0 Å². The molecule has 0 saturated carbocycles. The van der Waals surface area contributed by atoms with Crippen LogP contribution in [0.4, 0.5) is 0 Å². The molecule has 0 atom stereocenters. The predicted molar refractivity (Wildman–Crippen MR) is 20.6 cm³/mol. The average molecular weight is 81.1 g/mol. The Morgan fingerprint density at radius 2 is 1.20 bits per heavy atom. The fourth-order valence-electron chi connectivity index (χ4n) is 0. The molecule has 0 aromatic rings. The Balaban J connectivity index is 0. The van der Waals surface area contributed by atoms with Crippen molar-refractivity contribution in [1.29, 1.82) is 0 Å². The van der Waals surface area contributed by atoms with Gasteiger partial charge in [0, 0.05) is 0 Å². The quantitative estimate of drug-likeness (QED) is 0.348. The van der Waals surface area contributed by atoms with E-state index in [0.717, 1.165) is 0 Å². The molecule has 0 aliphatic heterocycles. The third-order valence-electron chi connectivity index (χ3n) is 0.500. The fraction of sp³-hybridized carbons (Fsp3) is 1.00. The van der Waals surface area contributed by atoms with Crippen LogP contribution in [0.25, 0.3) is 0 Å². The minimum Gasteiger partial charge on any atom is -0.0654 e. The molecule has 0 bridgehead atoms. The first-order valence-corrected chi connectivity index (χ1v) is 1.91. The number of hydrogen-bond donors (Lipinski definition) is 0. The Morgan fingerprint density at radius 3 is 1.20 bits per heavy atom. The van der Waals surface area contributed by atoms with Crippen LogP contribution in [0, 0.1) is 0 Å². The first-order chi connectivity index (χ1) is 1.91. The molecule has 0 aromatic carbocycles. The molecule has 5 heavy (non-hydrogen) atoms. The fourth-order valence-corrected chi connectivity index (χ4v) is 0. The summed E-state index contributed by atoms with van der Waals surface area (Å²) >= 11 is 0. The van der Waals surface area contributed by atoms with Gasteiger partial charge in [-0.15, -0.1) is 0 Å². The summed E-state index contributed by atoms with van der Waals surface area (Å²) in [5.74, 6) is 0. The van der Waals surface area contributed by atoms with Crippen molar-refractivity contribution >= 4 is 0 Å². The largest absolute Gasteiger partial charge is 1.00 e. The van der Waals surface area contributed by atoms with E-state index in [4.69, 9.17) is 0 Å². The maximum absolute atomic E-state index is 2.18. The van der Waals surface area contributed by atoms with Crippen LogP contribution < -0.4 is 29.6 Å². The Kier molecular flexibility index (Phi) is 16.7. The van der Waals surface area contributed by atoms with Gasteiger partial charge in [0.25, 0.3) is 0 Å². The third-order valence-corrected chi connectivity index (χ3v) is 0.500. The Bertz CT molecular complexity index is 5.61. The summed E-state index contributed by atoms with van der Waals surface area (Å²) in [4.78, 5) is 0.